The van der Waals surface area contributed by atoms with Gasteiger partial charge in [0.1, 0.15) is 0 Å². The third kappa shape index (κ3) is 2.31. The third-order valence-corrected chi connectivity index (χ3v) is 3.44. The van der Waals surface area contributed by atoms with Gasteiger partial charge in [0.15, 0.2) is 0 Å². The van der Waals surface area contributed by atoms with E-state index in [-0.39, 0.29) is 0 Å². The van der Waals surface area contributed by atoms with E-state index >= 15 is 0 Å². The van der Waals surface area contributed by atoms with Gasteiger partial charge in [0.25, 0.3) is 0 Å². The molecule has 0 saturated heterocycles. The lowest BCUT2D eigenvalue weighted by molar-refractivity contribution is -0.137. The van der Waals surface area contributed by atoms with Gasteiger partial charge >= 0.3 is 11.9 Å². The molecule has 3 aromatic rings. The van der Waals surface area contributed by atoms with Crippen LogP contribution >= 0.6 is 11.6 Å². The largest absolute Gasteiger partial charge is 0.416 e. The minimum atomic E-state index is -4.41. The van der Waals surface area contributed by atoms with Gasteiger partial charge < -0.3 is 4.98 Å². The minimum absolute atomic E-state index is 0.335. The number of para-hydroxylation sites is 1. The van der Waals surface area contributed by atoms with Gasteiger partial charge in [-0.1, -0.05) is 17.7 Å². The number of nitrogens with zero attached hydrogens (tertiary/aromatic N) is 1. The molecule has 1 N–H and O–H groups in total. The van der Waals surface area contributed by atoms with Crippen LogP contribution in [0.2, 0.25) is 5.02 Å². The average Bonchev–Trinajstić information content (AvgIpc) is 2.76. The number of benzene rings is 2. The number of H-pyrrole nitrogens is 1. The minimum Gasteiger partial charge on any atom is -0.304 e. The van der Waals surface area contributed by atoms with Crippen molar-refractivity contribution in [2.75, 3.05) is 0 Å². The van der Waals surface area contributed by atoms with Crippen LogP contribution < -0.4 is 5.69 Å². The van der Waals surface area contributed by atoms with Crippen LogP contribution in [0, 0.1) is 0 Å². The van der Waals surface area contributed by atoms with Crippen molar-refractivity contribution in [2.45, 2.75) is 6.18 Å². The van der Waals surface area contributed by atoms with Crippen molar-refractivity contribution in [1.82, 2.24) is 9.55 Å². The maximum absolute atomic E-state index is 12.6. The normalized spacial score (nSPS) is 12.0. The summed E-state index contributed by atoms with van der Waals surface area (Å²) in [5.74, 6) is 0. The van der Waals surface area contributed by atoms with Crippen LogP contribution in [0.4, 0.5) is 13.2 Å². The van der Waals surface area contributed by atoms with Crippen LogP contribution in [0.3, 0.4) is 0 Å². The van der Waals surface area contributed by atoms with Crippen LogP contribution in [0.25, 0.3) is 16.7 Å². The molecule has 7 heteroatoms. The molecule has 0 atom stereocenters. The van der Waals surface area contributed by atoms with E-state index in [4.69, 9.17) is 11.6 Å². The number of imidazole rings is 1. The van der Waals surface area contributed by atoms with E-state index in [1.54, 1.807) is 18.2 Å². The Morgan fingerprint density at radius 3 is 2.33 bits per heavy atom. The zero-order valence-corrected chi connectivity index (χ0v) is 11.2. The molecular weight excluding hydrogens is 305 g/mol. The highest BCUT2D eigenvalue weighted by Gasteiger charge is 2.30. The molecule has 0 saturated carbocycles. The van der Waals surface area contributed by atoms with Gasteiger partial charge in [-0.05, 0) is 36.4 Å². The fourth-order valence-electron chi connectivity index (χ4n) is 2.15. The molecule has 1 heterocycles. The van der Waals surface area contributed by atoms with Gasteiger partial charge in [0.05, 0.1) is 27.3 Å². The Morgan fingerprint density at radius 1 is 1.05 bits per heavy atom. The predicted octanol–water partition coefficient (Wildman–Crippen LogP) is 3.99. The summed E-state index contributed by atoms with van der Waals surface area (Å²) in [4.78, 5) is 14.6. The Kier molecular flexibility index (Phi) is 3.06. The molecule has 0 aliphatic heterocycles. The Morgan fingerprint density at radius 2 is 1.71 bits per heavy atom. The summed E-state index contributed by atoms with van der Waals surface area (Å²) in [6.07, 6.45) is -4.41. The maximum atomic E-state index is 12.6. The van der Waals surface area contributed by atoms with Crippen molar-refractivity contribution in [3.8, 4) is 5.69 Å². The van der Waals surface area contributed by atoms with Crippen LogP contribution in [-0.4, -0.2) is 9.55 Å². The first-order valence-corrected chi connectivity index (χ1v) is 6.32. The first-order chi connectivity index (χ1) is 9.88. The Labute approximate surface area is 121 Å². The molecule has 3 nitrogen and oxygen atoms in total. The topological polar surface area (TPSA) is 37.8 Å². The Bertz CT molecular complexity index is 863. The van der Waals surface area contributed by atoms with Gasteiger partial charge in [-0.15, -0.1) is 0 Å². The summed E-state index contributed by atoms with van der Waals surface area (Å²) in [6.45, 7) is 0. The molecule has 108 valence electrons. The second-order valence-electron chi connectivity index (χ2n) is 4.44. The number of nitrogens with one attached hydrogen (secondary N) is 1. The van der Waals surface area contributed by atoms with Gasteiger partial charge in [0.2, 0.25) is 0 Å². The van der Waals surface area contributed by atoms with Crippen molar-refractivity contribution >= 4 is 22.6 Å². The first-order valence-electron chi connectivity index (χ1n) is 5.95. The fraction of sp³-hybridized carbons (Fsp3) is 0.0714. The van der Waals surface area contributed by atoms with E-state index in [1.165, 1.54) is 16.7 Å². The molecule has 21 heavy (non-hydrogen) atoms. The number of fused-ring (bicyclic) bond motifs is 1. The lowest BCUT2D eigenvalue weighted by atomic mass is 10.2. The van der Waals surface area contributed by atoms with E-state index in [1.807, 2.05) is 0 Å². The molecule has 0 radical (unpaired) electrons. The lowest BCUT2D eigenvalue weighted by Gasteiger charge is -2.08. The van der Waals surface area contributed by atoms with E-state index in [0.29, 0.717) is 21.7 Å². The van der Waals surface area contributed by atoms with Gasteiger partial charge in [-0.3, -0.25) is 4.57 Å². The number of rotatable bonds is 1. The van der Waals surface area contributed by atoms with Gasteiger partial charge in [-0.25, -0.2) is 4.79 Å². The molecule has 0 aliphatic carbocycles. The van der Waals surface area contributed by atoms with Gasteiger partial charge in [0, 0.05) is 0 Å². The summed E-state index contributed by atoms with van der Waals surface area (Å²) in [5, 5.41) is 0.371. The molecule has 2 aromatic carbocycles. The quantitative estimate of drug-likeness (QED) is 0.725. The number of aromatic amines is 1. The monoisotopic (exact) mass is 312 g/mol. The number of hydrogen-bond donors (Lipinski definition) is 1. The van der Waals surface area contributed by atoms with Crippen LogP contribution in [0.5, 0.6) is 0 Å². The number of alkyl halides is 3. The molecule has 0 spiro atoms. The molecule has 0 unspecified atom stereocenters. The molecule has 0 fully saturated rings. The second kappa shape index (κ2) is 4.66. The molecule has 1 aromatic heterocycles. The van der Waals surface area contributed by atoms with E-state index < -0.39 is 17.4 Å². The van der Waals surface area contributed by atoms with E-state index in [9.17, 15) is 18.0 Å². The predicted molar refractivity (Wildman–Crippen MR) is 73.9 cm³/mol. The summed E-state index contributed by atoms with van der Waals surface area (Å²) in [5.41, 5.74) is 0.0628. The summed E-state index contributed by atoms with van der Waals surface area (Å²) in [6, 6.07) is 9.32. The van der Waals surface area contributed by atoms with Crippen molar-refractivity contribution < 1.29 is 13.2 Å². The molecule has 0 aliphatic rings. The fourth-order valence-corrected chi connectivity index (χ4v) is 2.37. The Balaban J connectivity index is 2.19. The Hall–Kier alpha value is -2.21. The second-order valence-corrected chi connectivity index (χ2v) is 4.85. The van der Waals surface area contributed by atoms with Crippen LogP contribution in [-0.2, 0) is 6.18 Å². The number of hydrogen-bond acceptors (Lipinski definition) is 1. The molecule has 3 rings (SSSR count). The smallest absolute Gasteiger partial charge is 0.304 e. The highest BCUT2D eigenvalue weighted by Crippen LogP contribution is 2.30. The SMILES string of the molecule is O=c1[nH]c2c(Cl)cccc2n1-c1ccc(C(F)(F)F)cc1. The zero-order chi connectivity index (χ0) is 15.2. The third-order valence-electron chi connectivity index (χ3n) is 3.12. The lowest BCUT2D eigenvalue weighted by Crippen LogP contribution is -2.15. The van der Waals surface area contributed by atoms with E-state index in [0.717, 1.165) is 12.1 Å². The highest BCUT2D eigenvalue weighted by molar-refractivity contribution is 6.34. The van der Waals surface area contributed by atoms with Crippen molar-refractivity contribution in [2.24, 2.45) is 0 Å². The summed E-state index contributed by atoms with van der Waals surface area (Å²) >= 11 is 5.98. The van der Waals surface area contributed by atoms with Crippen LogP contribution in [0.15, 0.2) is 47.3 Å². The number of halogens is 4. The average molecular weight is 313 g/mol. The number of aromatic nitrogens is 2. The van der Waals surface area contributed by atoms with Crippen molar-refractivity contribution in [3.63, 3.8) is 0 Å². The first kappa shape index (κ1) is 13.8. The standard InChI is InChI=1S/C14H8ClF3N2O/c15-10-2-1-3-11-12(10)19-13(21)20(11)9-6-4-8(5-7-9)14(16,17)18/h1-7H,(H,19,21). The molecule has 0 amide bonds. The van der Waals surface area contributed by atoms with Gasteiger partial charge in [-0.2, -0.15) is 13.2 Å². The maximum Gasteiger partial charge on any atom is 0.416 e. The van der Waals surface area contributed by atoms with Crippen molar-refractivity contribution in [3.05, 3.63) is 63.5 Å². The zero-order valence-electron chi connectivity index (χ0n) is 10.4. The molecule has 0 bridgehead atoms. The summed E-state index contributed by atoms with van der Waals surface area (Å²) < 4.78 is 38.9. The summed E-state index contributed by atoms with van der Waals surface area (Å²) in [7, 11) is 0. The van der Waals surface area contributed by atoms with Crippen LogP contribution in [0.1, 0.15) is 5.56 Å². The highest BCUT2D eigenvalue weighted by atomic mass is 35.5. The van der Waals surface area contributed by atoms with Crippen molar-refractivity contribution in [1.29, 1.82) is 0 Å². The van der Waals surface area contributed by atoms with E-state index in [2.05, 4.69) is 4.98 Å². The molecular formula is C14H8ClF3N2O.